The molecular weight excluding hydrogens is 474 g/mol. The zero-order chi connectivity index (χ0) is 25.0. The molecule has 1 fully saturated rings. The number of amides is 1. The van der Waals surface area contributed by atoms with Crippen molar-refractivity contribution in [3.63, 3.8) is 0 Å². The summed E-state index contributed by atoms with van der Waals surface area (Å²) in [6.45, 7) is 2.50. The number of ether oxygens (including phenoxy) is 3. The Bertz CT molecular complexity index is 1260. The van der Waals surface area contributed by atoms with Crippen molar-refractivity contribution < 1.29 is 32.2 Å². The van der Waals surface area contributed by atoms with Gasteiger partial charge in [0.25, 0.3) is 5.91 Å². The minimum atomic E-state index is -3.77. The number of fused-ring (bicyclic) bond motifs is 1. The molecule has 0 saturated carbocycles. The van der Waals surface area contributed by atoms with E-state index >= 15 is 0 Å². The largest absolute Gasteiger partial charge is 0.486 e. The number of hydrogen-bond acceptors (Lipinski definition) is 8. The molecule has 0 bridgehead atoms. The van der Waals surface area contributed by atoms with Gasteiger partial charge in [0, 0.05) is 19.2 Å². The van der Waals surface area contributed by atoms with Crippen LogP contribution in [-0.2, 0) is 24.3 Å². The smallest absolute Gasteiger partial charge is 0.309 e. The Labute approximate surface area is 203 Å². The number of benzene rings is 2. The lowest BCUT2D eigenvalue weighted by Crippen LogP contribution is -2.41. The molecule has 0 aliphatic carbocycles. The van der Waals surface area contributed by atoms with Gasteiger partial charge in [0.15, 0.2) is 17.6 Å². The van der Waals surface area contributed by atoms with Gasteiger partial charge in [-0.1, -0.05) is 12.1 Å². The van der Waals surface area contributed by atoms with Crippen molar-refractivity contribution in [2.24, 2.45) is 5.92 Å². The van der Waals surface area contributed by atoms with Crippen LogP contribution >= 0.6 is 0 Å². The van der Waals surface area contributed by atoms with Gasteiger partial charge in [0.05, 0.1) is 22.1 Å². The summed E-state index contributed by atoms with van der Waals surface area (Å²) in [4.78, 5) is 25.2. The quantitative estimate of drug-likeness (QED) is 0.598. The molecule has 4 rings (SSSR count). The third-order valence-corrected chi connectivity index (χ3v) is 7.80. The number of esters is 1. The van der Waals surface area contributed by atoms with Crippen LogP contribution in [-0.4, -0.2) is 57.0 Å². The number of rotatable bonds is 6. The average molecular weight is 500 g/mol. The number of hydrogen-bond donors (Lipinski definition) is 1. The Morgan fingerprint density at radius 1 is 1.11 bits per heavy atom. The van der Waals surface area contributed by atoms with E-state index in [9.17, 15) is 18.0 Å². The van der Waals surface area contributed by atoms with E-state index in [0.29, 0.717) is 36.0 Å². The van der Waals surface area contributed by atoms with Crippen molar-refractivity contribution >= 4 is 27.6 Å². The molecule has 0 radical (unpaired) electrons. The highest BCUT2D eigenvalue weighted by atomic mass is 32.2. The normalized spacial score (nSPS) is 17.1. The average Bonchev–Trinajstić information content (AvgIpc) is 2.88. The van der Waals surface area contributed by atoms with Gasteiger partial charge in [-0.05, 0) is 44.0 Å². The van der Waals surface area contributed by atoms with Crippen LogP contribution in [0.25, 0.3) is 0 Å². The molecule has 0 unspecified atom stereocenters. The van der Waals surface area contributed by atoms with E-state index in [1.54, 1.807) is 30.3 Å². The van der Waals surface area contributed by atoms with Gasteiger partial charge in [-0.15, -0.1) is 0 Å². The van der Waals surface area contributed by atoms with Crippen LogP contribution in [0, 0.1) is 17.2 Å². The Hall–Kier alpha value is -3.62. The van der Waals surface area contributed by atoms with Gasteiger partial charge in [-0.25, -0.2) is 8.42 Å². The van der Waals surface area contributed by atoms with E-state index in [4.69, 9.17) is 19.5 Å². The van der Waals surface area contributed by atoms with Gasteiger partial charge >= 0.3 is 5.97 Å². The fraction of sp³-hybridized carbons (Fsp3) is 0.375. The summed E-state index contributed by atoms with van der Waals surface area (Å²) >= 11 is 0. The molecule has 1 N–H and O–H groups in total. The lowest BCUT2D eigenvalue weighted by Gasteiger charge is -2.31. The number of anilines is 1. The van der Waals surface area contributed by atoms with Crippen LogP contribution < -0.4 is 14.8 Å². The maximum absolute atomic E-state index is 13.1. The number of sulfonamides is 1. The third kappa shape index (κ3) is 5.39. The van der Waals surface area contributed by atoms with Gasteiger partial charge in [-0.3, -0.25) is 9.59 Å². The van der Waals surface area contributed by atoms with Gasteiger partial charge < -0.3 is 19.5 Å². The van der Waals surface area contributed by atoms with E-state index in [-0.39, 0.29) is 30.8 Å². The first kappa shape index (κ1) is 24.5. The van der Waals surface area contributed by atoms with E-state index in [1.165, 1.54) is 23.4 Å². The molecule has 1 amide bonds. The summed E-state index contributed by atoms with van der Waals surface area (Å²) in [5.41, 5.74) is 0.631. The minimum absolute atomic E-state index is 0.103. The van der Waals surface area contributed by atoms with Crippen LogP contribution in [0.3, 0.4) is 0 Å². The highest BCUT2D eigenvalue weighted by molar-refractivity contribution is 7.89. The molecule has 10 nitrogen and oxygen atoms in total. The summed E-state index contributed by atoms with van der Waals surface area (Å²) in [6.07, 6.45) is -0.531. The monoisotopic (exact) mass is 499 g/mol. The van der Waals surface area contributed by atoms with Crippen molar-refractivity contribution in [2.75, 3.05) is 31.6 Å². The molecule has 0 aromatic heterocycles. The predicted molar refractivity (Wildman–Crippen MR) is 124 cm³/mol. The van der Waals surface area contributed by atoms with E-state index in [1.807, 2.05) is 6.07 Å². The molecule has 0 spiro atoms. The van der Waals surface area contributed by atoms with Crippen LogP contribution in [0.15, 0.2) is 47.4 Å². The molecule has 1 saturated heterocycles. The molecule has 2 aliphatic rings. The highest BCUT2D eigenvalue weighted by Gasteiger charge is 2.34. The number of nitrogens with zero attached hydrogens (tertiary/aromatic N) is 2. The molecule has 35 heavy (non-hydrogen) atoms. The lowest BCUT2D eigenvalue weighted by molar-refractivity contribution is -0.158. The van der Waals surface area contributed by atoms with Crippen LogP contribution in [0.1, 0.15) is 25.3 Å². The zero-order valence-corrected chi connectivity index (χ0v) is 19.9. The third-order valence-electron chi connectivity index (χ3n) is 5.91. The SMILES string of the molecule is C[C@H](OC(=O)C1CCN(S(=O)(=O)c2ccc3c(c2)OCCO3)CC1)C(=O)Nc1ccccc1C#N. The number of nitriles is 1. The Morgan fingerprint density at radius 3 is 2.51 bits per heavy atom. The molecule has 2 heterocycles. The predicted octanol–water partition coefficient (Wildman–Crippen LogP) is 2.30. The maximum Gasteiger partial charge on any atom is 0.309 e. The summed E-state index contributed by atoms with van der Waals surface area (Å²) < 4.78 is 43.8. The number of carbonyl (C=O) groups is 2. The second kappa shape index (κ2) is 10.3. The summed E-state index contributed by atoms with van der Waals surface area (Å²) in [7, 11) is -3.77. The molecule has 2 aromatic rings. The number of carbonyl (C=O) groups excluding carboxylic acids is 2. The minimum Gasteiger partial charge on any atom is -0.486 e. The Morgan fingerprint density at radius 2 is 1.80 bits per heavy atom. The highest BCUT2D eigenvalue weighted by Crippen LogP contribution is 2.34. The molecule has 11 heteroatoms. The maximum atomic E-state index is 13.1. The van der Waals surface area contributed by atoms with Crippen molar-refractivity contribution in [2.45, 2.75) is 30.8 Å². The van der Waals surface area contributed by atoms with Gasteiger partial charge in [0.2, 0.25) is 10.0 Å². The molecule has 2 aromatic carbocycles. The second-order valence-electron chi connectivity index (χ2n) is 8.21. The fourth-order valence-electron chi connectivity index (χ4n) is 3.91. The van der Waals surface area contributed by atoms with Crippen LogP contribution in [0.2, 0.25) is 0 Å². The van der Waals surface area contributed by atoms with Crippen LogP contribution in [0.5, 0.6) is 11.5 Å². The molecule has 2 aliphatic heterocycles. The summed E-state index contributed by atoms with van der Waals surface area (Å²) in [6, 6.07) is 13.0. The number of para-hydroxylation sites is 1. The summed E-state index contributed by atoms with van der Waals surface area (Å²) in [5, 5.41) is 11.7. The van der Waals surface area contributed by atoms with Crippen molar-refractivity contribution in [3.05, 3.63) is 48.0 Å². The Balaban J connectivity index is 1.32. The summed E-state index contributed by atoms with van der Waals surface area (Å²) in [5.74, 6) is -0.744. The second-order valence-corrected chi connectivity index (χ2v) is 10.1. The van der Waals surface area contributed by atoms with Crippen molar-refractivity contribution in [1.82, 2.24) is 4.31 Å². The fourth-order valence-corrected chi connectivity index (χ4v) is 5.40. The van der Waals surface area contributed by atoms with Gasteiger partial charge in [-0.2, -0.15) is 9.57 Å². The molecule has 184 valence electrons. The van der Waals surface area contributed by atoms with Gasteiger partial charge in [0.1, 0.15) is 19.3 Å². The van der Waals surface area contributed by atoms with Crippen LogP contribution in [0.4, 0.5) is 5.69 Å². The number of piperidine rings is 1. The first-order chi connectivity index (χ1) is 16.8. The van der Waals surface area contributed by atoms with E-state index < -0.39 is 33.9 Å². The first-order valence-corrected chi connectivity index (χ1v) is 12.6. The Kier molecular flexibility index (Phi) is 7.23. The van der Waals surface area contributed by atoms with E-state index in [0.717, 1.165) is 0 Å². The first-order valence-electron chi connectivity index (χ1n) is 11.2. The van der Waals surface area contributed by atoms with Crippen molar-refractivity contribution in [1.29, 1.82) is 5.26 Å². The molecular formula is C24H25N3O7S. The standard InChI is InChI=1S/C24H25N3O7S/c1-16(23(28)26-20-5-3-2-4-18(20)15-25)34-24(29)17-8-10-27(11-9-17)35(30,31)19-6-7-21-22(14-19)33-13-12-32-21/h2-7,14,16-17H,8-13H2,1H3,(H,26,28)/t16-/m0/s1. The topological polar surface area (TPSA) is 135 Å². The molecule has 1 atom stereocenters. The lowest BCUT2D eigenvalue weighted by atomic mass is 9.98. The van der Waals surface area contributed by atoms with E-state index in [2.05, 4.69) is 5.32 Å². The van der Waals surface area contributed by atoms with Crippen molar-refractivity contribution in [3.8, 4) is 17.6 Å². The zero-order valence-electron chi connectivity index (χ0n) is 19.1. The number of nitrogens with one attached hydrogen (secondary N) is 1.